The van der Waals surface area contributed by atoms with Crippen LogP contribution in [0.4, 0.5) is 5.69 Å². The van der Waals surface area contributed by atoms with Crippen molar-refractivity contribution in [3.05, 3.63) is 53.6 Å². The Kier molecular flexibility index (Phi) is 7.07. The fourth-order valence-electron chi connectivity index (χ4n) is 2.49. The van der Waals surface area contributed by atoms with Crippen LogP contribution in [0.15, 0.2) is 42.5 Å². The number of anilines is 1. The fraction of sp³-hybridized carbons (Fsp3) is 0.350. The number of aryl methyl sites for hydroxylation is 1. The molecule has 0 fully saturated rings. The Morgan fingerprint density at radius 3 is 2.40 bits per heavy atom. The summed E-state index contributed by atoms with van der Waals surface area (Å²) in [5, 5.41) is 7.15. The molecule has 0 aliphatic heterocycles. The standard InChI is InChI=1S/C20H26N2O2S/c1-5-23-18-12-11-16(13-19(18)24-6-2)15(4)21-20(25)22-17-10-8-7-9-14(17)3/h7-13,15H,5-6H2,1-4H3,(H2,21,22,25)/t15-/m1/s1. The van der Waals surface area contributed by atoms with Crippen LogP contribution in [0.25, 0.3) is 0 Å². The maximum atomic E-state index is 5.70. The molecule has 2 aromatic carbocycles. The third-order valence-corrected chi connectivity index (χ3v) is 4.03. The molecule has 2 rings (SSSR count). The van der Waals surface area contributed by atoms with E-state index in [1.54, 1.807) is 0 Å². The highest BCUT2D eigenvalue weighted by Gasteiger charge is 2.12. The normalized spacial score (nSPS) is 11.5. The van der Waals surface area contributed by atoms with Gasteiger partial charge in [-0.25, -0.2) is 0 Å². The van der Waals surface area contributed by atoms with Crippen LogP contribution in [0.1, 0.15) is 37.9 Å². The number of ether oxygens (including phenoxy) is 2. The minimum absolute atomic E-state index is 0.0406. The minimum atomic E-state index is 0.0406. The molecule has 2 aromatic rings. The third-order valence-electron chi connectivity index (χ3n) is 3.81. The van der Waals surface area contributed by atoms with Gasteiger partial charge in [-0.1, -0.05) is 24.3 Å². The van der Waals surface area contributed by atoms with Crippen LogP contribution < -0.4 is 20.1 Å². The first-order valence-electron chi connectivity index (χ1n) is 8.57. The maximum absolute atomic E-state index is 5.70. The van der Waals surface area contributed by atoms with Crippen LogP contribution in [0.5, 0.6) is 11.5 Å². The zero-order chi connectivity index (χ0) is 18.2. The zero-order valence-corrected chi connectivity index (χ0v) is 16.1. The van der Waals surface area contributed by atoms with E-state index < -0.39 is 0 Å². The van der Waals surface area contributed by atoms with Gasteiger partial charge in [0.2, 0.25) is 0 Å². The molecule has 2 N–H and O–H groups in total. The largest absolute Gasteiger partial charge is 0.490 e. The summed E-state index contributed by atoms with van der Waals surface area (Å²) in [6, 6.07) is 14.1. The molecular weight excluding hydrogens is 332 g/mol. The maximum Gasteiger partial charge on any atom is 0.171 e. The van der Waals surface area contributed by atoms with Crippen molar-refractivity contribution in [1.29, 1.82) is 0 Å². The lowest BCUT2D eigenvalue weighted by atomic mass is 10.1. The summed E-state index contributed by atoms with van der Waals surface area (Å²) >= 11 is 5.45. The number of benzene rings is 2. The number of hydrogen-bond acceptors (Lipinski definition) is 3. The zero-order valence-electron chi connectivity index (χ0n) is 15.3. The van der Waals surface area contributed by atoms with Crippen molar-refractivity contribution in [1.82, 2.24) is 5.32 Å². The summed E-state index contributed by atoms with van der Waals surface area (Å²) in [7, 11) is 0. The van der Waals surface area contributed by atoms with Crippen LogP contribution in [-0.2, 0) is 0 Å². The second-order valence-corrected chi connectivity index (χ2v) is 6.12. The fourth-order valence-corrected chi connectivity index (χ4v) is 2.78. The molecule has 0 bridgehead atoms. The van der Waals surface area contributed by atoms with Crippen molar-refractivity contribution in [2.24, 2.45) is 0 Å². The molecule has 0 radical (unpaired) electrons. The summed E-state index contributed by atoms with van der Waals surface area (Å²) in [5.74, 6) is 1.52. The van der Waals surface area contributed by atoms with E-state index in [1.165, 1.54) is 0 Å². The Balaban J connectivity index is 2.06. The van der Waals surface area contributed by atoms with Gasteiger partial charge in [-0.2, -0.15) is 0 Å². The number of rotatable bonds is 7. The molecule has 134 valence electrons. The lowest BCUT2D eigenvalue weighted by molar-refractivity contribution is 0.287. The van der Waals surface area contributed by atoms with E-state index in [4.69, 9.17) is 21.7 Å². The highest BCUT2D eigenvalue weighted by Crippen LogP contribution is 2.30. The summed E-state index contributed by atoms with van der Waals surface area (Å²) < 4.78 is 11.3. The second kappa shape index (κ2) is 9.28. The van der Waals surface area contributed by atoms with E-state index in [0.717, 1.165) is 28.3 Å². The molecule has 0 spiro atoms. The molecule has 0 aromatic heterocycles. The molecule has 0 saturated heterocycles. The van der Waals surface area contributed by atoms with Crippen molar-refractivity contribution in [2.45, 2.75) is 33.7 Å². The van der Waals surface area contributed by atoms with E-state index in [2.05, 4.69) is 30.5 Å². The number of nitrogens with one attached hydrogen (secondary N) is 2. The Bertz CT molecular complexity index is 719. The van der Waals surface area contributed by atoms with Gasteiger partial charge in [0.15, 0.2) is 16.6 Å². The van der Waals surface area contributed by atoms with Crippen molar-refractivity contribution in [3.63, 3.8) is 0 Å². The number of hydrogen-bond donors (Lipinski definition) is 2. The van der Waals surface area contributed by atoms with E-state index in [0.29, 0.717) is 18.3 Å². The molecule has 0 unspecified atom stereocenters. The average molecular weight is 359 g/mol. The average Bonchev–Trinajstić information content (AvgIpc) is 2.59. The monoisotopic (exact) mass is 358 g/mol. The van der Waals surface area contributed by atoms with Gasteiger partial charge in [0.05, 0.1) is 19.3 Å². The summed E-state index contributed by atoms with van der Waals surface area (Å²) in [4.78, 5) is 0. The van der Waals surface area contributed by atoms with Gasteiger partial charge in [-0.15, -0.1) is 0 Å². The van der Waals surface area contributed by atoms with Gasteiger partial charge in [-0.3, -0.25) is 0 Å². The molecule has 4 nitrogen and oxygen atoms in total. The molecule has 0 heterocycles. The molecular formula is C20H26N2O2S. The first-order chi connectivity index (χ1) is 12.0. The highest BCUT2D eigenvalue weighted by molar-refractivity contribution is 7.80. The van der Waals surface area contributed by atoms with E-state index in [9.17, 15) is 0 Å². The van der Waals surface area contributed by atoms with Gasteiger partial charge >= 0.3 is 0 Å². The van der Waals surface area contributed by atoms with Crippen molar-refractivity contribution < 1.29 is 9.47 Å². The first-order valence-corrected chi connectivity index (χ1v) is 8.98. The molecule has 0 aliphatic carbocycles. The van der Waals surface area contributed by atoms with Crippen molar-refractivity contribution in [3.8, 4) is 11.5 Å². The SMILES string of the molecule is CCOc1ccc([C@@H](C)NC(=S)Nc2ccccc2C)cc1OCC. The highest BCUT2D eigenvalue weighted by atomic mass is 32.1. The van der Waals surface area contributed by atoms with Gasteiger partial charge in [-0.05, 0) is 69.2 Å². The van der Waals surface area contributed by atoms with Crippen LogP contribution >= 0.6 is 12.2 Å². The smallest absolute Gasteiger partial charge is 0.171 e. The summed E-state index contributed by atoms with van der Waals surface area (Å²) in [6.07, 6.45) is 0. The minimum Gasteiger partial charge on any atom is -0.490 e. The van der Waals surface area contributed by atoms with E-state index in [-0.39, 0.29) is 6.04 Å². The van der Waals surface area contributed by atoms with Gasteiger partial charge < -0.3 is 20.1 Å². The van der Waals surface area contributed by atoms with Crippen molar-refractivity contribution >= 4 is 23.0 Å². The predicted molar refractivity (Wildman–Crippen MR) is 108 cm³/mol. The van der Waals surface area contributed by atoms with Gasteiger partial charge in [0.25, 0.3) is 0 Å². The number of thiocarbonyl (C=S) groups is 1. The Labute approximate surface area is 155 Å². The molecule has 0 aliphatic rings. The Hall–Kier alpha value is -2.27. The topological polar surface area (TPSA) is 42.5 Å². The van der Waals surface area contributed by atoms with Crippen LogP contribution in [0, 0.1) is 6.92 Å². The van der Waals surface area contributed by atoms with Crippen LogP contribution in [-0.4, -0.2) is 18.3 Å². The quantitative estimate of drug-likeness (QED) is 0.693. The first kappa shape index (κ1) is 19.1. The van der Waals surface area contributed by atoms with E-state index >= 15 is 0 Å². The molecule has 0 amide bonds. The second-order valence-electron chi connectivity index (χ2n) is 5.71. The van der Waals surface area contributed by atoms with Gasteiger partial charge in [0.1, 0.15) is 0 Å². The molecule has 0 saturated carbocycles. The Morgan fingerprint density at radius 1 is 1.04 bits per heavy atom. The van der Waals surface area contributed by atoms with Crippen molar-refractivity contribution in [2.75, 3.05) is 18.5 Å². The predicted octanol–water partition coefficient (Wildman–Crippen LogP) is 4.84. The van der Waals surface area contributed by atoms with E-state index in [1.807, 2.05) is 50.2 Å². The molecule has 25 heavy (non-hydrogen) atoms. The summed E-state index contributed by atoms with van der Waals surface area (Å²) in [5.41, 5.74) is 3.24. The van der Waals surface area contributed by atoms with Crippen LogP contribution in [0.3, 0.4) is 0 Å². The van der Waals surface area contributed by atoms with Crippen LogP contribution in [0.2, 0.25) is 0 Å². The lowest BCUT2D eigenvalue weighted by Crippen LogP contribution is -2.31. The Morgan fingerprint density at radius 2 is 1.72 bits per heavy atom. The number of para-hydroxylation sites is 1. The van der Waals surface area contributed by atoms with Gasteiger partial charge in [0, 0.05) is 5.69 Å². The lowest BCUT2D eigenvalue weighted by Gasteiger charge is -2.20. The molecule has 1 atom stereocenters. The summed E-state index contributed by atoms with van der Waals surface area (Å²) in [6.45, 7) is 9.25. The third kappa shape index (κ3) is 5.36. The molecule has 5 heteroatoms.